The van der Waals surface area contributed by atoms with Crippen molar-refractivity contribution in [2.75, 3.05) is 27.4 Å². The summed E-state index contributed by atoms with van der Waals surface area (Å²) >= 11 is 0. The number of hydrogen-bond donors (Lipinski definition) is 1. The molecule has 0 aliphatic carbocycles. The first-order chi connectivity index (χ1) is 14.7. The smallest absolute Gasteiger partial charge is 0.272 e. The highest BCUT2D eigenvalue weighted by molar-refractivity contribution is 5.99. The quantitative estimate of drug-likeness (QED) is 0.677. The van der Waals surface area contributed by atoms with E-state index in [1.807, 2.05) is 54.7 Å². The van der Waals surface area contributed by atoms with E-state index in [4.69, 9.17) is 14.2 Å². The van der Waals surface area contributed by atoms with Crippen molar-refractivity contribution in [3.8, 4) is 28.3 Å². The van der Waals surface area contributed by atoms with E-state index in [1.54, 1.807) is 18.9 Å². The zero-order valence-corrected chi connectivity index (χ0v) is 17.1. The lowest BCUT2D eigenvalue weighted by molar-refractivity contribution is 0.0622. The summed E-state index contributed by atoms with van der Waals surface area (Å²) in [6.45, 7) is 1.27. The first kappa shape index (κ1) is 20.0. The van der Waals surface area contributed by atoms with Gasteiger partial charge in [-0.1, -0.05) is 24.3 Å². The van der Waals surface area contributed by atoms with Gasteiger partial charge in [0, 0.05) is 18.4 Å². The van der Waals surface area contributed by atoms with Crippen LogP contribution in [0.1, 0.15) is 23.3 Å². The van der Waals surface area contributed by atoms with Gasteiger partial charge in [-0.15, -0.1) is 0 Å². The van der Waals surface area contributed by atoms with Crippen molar-refractivity contribution < 1.29 is 19.0 Å². The van der Waals surface area contributed by atoms with Crippen LogP contribution in [-0.4, -0.2) is 49.2 Å². The molecule has 0 saturated carbocycles. The molecule has 2 aromatic carbocycles. The molecule has 30 heavy (non-hydrogen) atoms. The zero-order valence-electron chi connectivity index (χ0n) is 17.1. The summed E-state index contributed by atoms with van der Waals surface area (Å²) in [5.41, 5.74) is 2.77. The number of amides is 1. The van der Waals surface area contributed by atoms with Gasteiger partial charge in [0.2, 0.25) is 0 Å². The molecule has 7 nitrogen and oxygen atoms in total. The number of nitrogens with zero attached hydrogens (tertiary/aromatic N) is 2. The van der Waals surface area contributed by atoms with Crippen LogP contribution in [0.4, 0.5) is 0 Å². The lowest BCUT2D eigenvalue weighted by Crippen LogP contribution is -2.41. The van der Waals surface area contributed by atoms with E-state index >= 15 is 0 Å². The minimum absolute atomic E-state index is 0.00798. The molecule has 1 aromatic heterocycles. The summed E-state index contributed by atoms with van der Waals surface area (Å²) in [7, 11) is 3.18. The van der Waals surface area contributed by atoms with Crippen LogP contribution in [0, 0.1) is 0 Å². The summed E-state index contributed by atoms with van der Waals surface area (Å²) in [5, 5.41) is 7.68. The number of nitrogens with one attached hydrogen (secondary N) is 1. The number of carbonyl (C=O) groups is 1. The largest absolute Gasteiger partial charge is 0.493 e. The first-order valence-electron chi connectivity index (χ1n) is 9.95. The van der Waals surface area contributed by atoms with Gasteiger partial charge < -0.3 is 19.5 Å². The van der Waals surface area contributed by atoms with Crippen molar-refractivity contribution in [1.82, 2.24) is 15.1 Å². The van der Waals surface area contributed by atoms with E-state index in [1.165, 1.54) is 0 Å². The number of para-hydroxylation sites is 1. The number of rotatable bonds is 6. The minimum atomic E-state index is -0.218. The second kappa shape index (κ2) is 9.00. The van der Waals surface area contributed by atoms with Gasteiger partial charge in [-0.05, 0) is 42.7 Å². The van der Waals surface area contributed by atoms with Crippen LogP contribution in [0.15, 0.2) is 54.7 Å². The first-order valence-corrected chi connectivity index (χ1v) is 9.95. The summed E-state index contributed by atoms with van der Waals surface area (Å²) in [6.07, 6.45) is 3.70. The van der Waals surface area contributed by atoms with Crippen molar-refractivity contribution in [3.05, 3.63) is 60.4 Å². The van der Waals surface area contributed by atoms with Crippen LogP contribution in [0.2, 0.25) is 0 Å². The SMILES string of the molecule is COc1ccc(-c2cn(-c3ccccc3)nc2C(=O)NC2CCCOC2)cc1OC. The molecule has 1 saturated heterocycles. The molecule has 1 N–H and O–H groups in total. The lowest BCUT2D eigenvalue weighted by atomic mass is 10.0. The fourth-order valence-electron chi connectivity index (χ4n) is 3.58. The zero-order chi connectivity index (χ0) is 20.9. The number of hydrogen-bond acceptors (Lipinski definition) is 5. The molecule has 7 heteroatoms. The second-order valence-electron chi connectivity index (χ2n) is 7.13. The van der Waals surface area contributed by atoms with Crippen LogP contribution < -0.4 is 14.8 Å². The van der Waals surface area contributed by atoms with Crippen molar-refractivity contribution >= 4 is 5.91 Å². The Kier molecular flexibility index (Phi) is 5.99. The van der Waals surface area contributed by atoms with Crippen LogP contribution in [0.25, 0.3) is 16.8 Å². The van der Waals surface area contributed by atoms with E-state index in [9.17, 15) is 4.79 Å². The summed E-state index contributed by atoms with van der Waals surface area (Å²) in [4.78, 5) is 13.1. The molecular formula is C23H25N3O4. The standard InChI is InChI=1S/C23H25N3O4/c1-28-20-11-10-16(13-21(20)29-2)19-14-26(18-8-4-3-5-9-18)25-22(19)23(27)24-17-7-6-12-30-15-17/h3-5,8-11,13-14,17H,6-7,12,15H2,1-2H3,(H,24,27). The summed E-state index contributed by atoms with van der Waals surface area (Å²) < 4.78 is 18.0. The van der Waals surface area contributed by atoms with E-state index < -0.39 is 0 Å². The third kappa shape index (κ3) is 4.16. The Morgan fingerprint density at radius 3 is 2.63 bits per heavy atom. The number of aromatic nitrogens is 2. The van der Waals surface area contributed by atoms with Gasteiger partial charge in [-0.25, -0.2) is 4.68 Å². The van der Waals surface area contributed by atoms with Gasteiger partial charge in [0.05, 0.1) is 32.6 Å². The molecule has 1 unspecified atom stereocenters. The normalized spacial score (nSPS) is 16.1. The fourth-order valence-corrected chi connectivity index (χ4v) is 3.58. The average molecular weight is 407 g/mol. The molecule has 1 atom stereocenters. The number of methoxy groups -OCH3 is 2. The maximum Gasteiger partial charge on any atom is 0.272 e. The van der Waals surface area contributed by atoms with Crippen LogP contribution in [-0.2, 0) is 4.74 Å². The molecule has 0 spiro atoms. The molecule has 0 radical (unpaired) electrons. The molecular weight excluding hydrogens is 382 g/mol. The van der Waals surface area contributed by atoms with E-state index in [0.717, 1.165) is 30.7 Å². The van der Waals surface area contributed by atoms with Crippen LogP contribution in [0.3, 0.4) is 0 Å². The average Bonchev–Trinajstić information content (AvgIpc) is 3.25. The predicted molar refractivity (Wildman–Crippen MR) is 113 cm³/mol. The fraction of sp³-hybridized carbons (Fsp3) is 0.304. The Morgan fingerprint density at radius 1 is 1.13 bits per heavy atom. The second-order valence-corrected chi connectivity index (χ2v) is 7.13. The third-order valence-electron chi connectivity index (χ3n) is 5.14. The van der Waals surface area contributed by atoms with Crippen molar-refractivity contribution in [2.24, 2.45) is 0 Å². The Balaban J connectivity index is 1.74. The highest BCUT2D eigenvalue weighted by Gasteiger charge is 2.23. The van der Waals surface area contributed by atoms with Gasteiger partial charge in [-0.2, -0.15) is 5.10 Å². The molecule has 1 aliphatic heterocycles. The van der Waals surface area contributed by atoms with Crippen molar-refractivity contribution in [1.29, 1.82) is 0 Å². The number of carbonyl (C=O) groups excluding carboxylic acids is 1. The Hall–Kier alpha value is -3.32. The maximum atomic E-state index is 13.1. The number of ether oxygens (including phenoxy) is 3. The third-order valence-corrected chi connectivity index (χ3v) is 5.14. The van der Waals surface area contributed by atoms with Gasteiger partial charge in [0.25, 0.3) is 5.91 Å². The molecule has 4 rings (SSSR count). The minimum Gasteiger partial charge on any atom is -0.493 e. The van der Waals surface area contributed by atoms with Crippen LogP contribution >= 0.6 is 0 Å². The van der Waals surface area contributed by atoms with Gasteiger partial charge in [0.1, 0.15) is 0 Å². The Morgan fingerprint density at radius 2 is 1.93 bits per heavy atom. The van der Waals surface area contributed by atoms with E-state index in [0.29, 0.717) is 29.4 Å². The molecule has 1 amide bonds. The Bertz CT molecular complexity index is 1010. The molecule has 1 aliphatic rings. The predicted octanol–water partition coefficient (Wildman–Crippen LogP) is 3.47. The number of benzene rings is 2. The monoisotopic (exact) mass is 407 g/mol. The Labute approximate surface area is 175 Å². The van der Waals surface area contributed by atoms with E-state index in [2.05, 4.69) is 10.4 Å². The van der Waals surface area contributed by atoms with Gasteiger partial charge in [0.15, 0.2) is 17.2 Å². The highest BCUT2D eigenvalue weighted by atomic mass is 16.5. The molecule has 156 valence electrons. The van der Waals surface area contributed by atoms with E-state index in [-0.39, 0.29) is 11.9 Å². The van der Waals surface area contributed by atoms with Crippen molar-refractivity contribution in [3.63, 3.8) is 0 Å². The summed E-state index contributed by atoms with van der Waals surface area (Å²) in [6, 6.07) is 15.3. The maximum absolute atomic E-state index is 13.1. The topological polar surface area (TPSA) is 74.6 Å². The summed E-state index contributed by atoms with van der Waals surface area (Å²) in [5.74, 6) is 1.00. The molecule has 2 heterocycles. The van der Waals surface area contributed by atoms with Crippen molar-refractivity contribution in [2.45, 2.75) is 18.9 Å². The van der Waals surface area contributed by atoms with Crippen LogP contribution in [0.5, 0.6) is 11.5 Å². The highest BCUT2D eigenvalue weighted by Crippen LogP contribution is 2.34. The molecule has 1 fully saturated rings. The molecule has 3 aromatic rings. The molecule has 0 bridgehead atoms. The van der Waals surface area contributed by atoms with Gasteiger partial charge in [-0.3, -0.25) is 4.79 Å². The van der Waals surface area contributed by atoms with Gasteiger partial charge >= 0.3 is 0 Å². The lowest BCUT2D eigenvalue weighted by Gasteiger charge is -2.22.